The van der Waals surface area contributed by atoms with E-state index in [-0.39, 0.29) is 5.92 Å². The molecule has 0 aliphatic heterocycles. The van der Waals surface area contributed by atoms with Gasteiger partial charge in [0, 0.05) is 17.6 Å². The van der Waals surface area contributed by atoms with Gasteiger partial charge in [0.15, 0.2) is 0 Å². The minimum Gasteiger partial charge on any atom is -0.388 e. The number of anilines is 1. The molecule has 2 rings (SSSR count). The first-order valence-electron chi connectivity index (χ1n) is 6.16. The van der Waals surface area contributed by atoms with Crippen molar-refractivity contribution in [3.63, 3.8) is 0 Å². The normalized spacial score (nSPS) is 11.9. The first-order chi connectivity index (χ1) is 9.30. The van der Waals surface area contributed by atoms with Gasteiger partial charge in [-0.3, -0.25) is 0 Å². The average molecular weight is 271 g/mol. The number of hydrogen-bond donors (Lipinski definition) is 1. The topological polar surface area (TPSA) is 29.1 Å². The molecule has 0 spiro atoms. The van der Waals surface area contributed by atoms with E-state index in [2.05, 4.69) is 17.4 Å². The molecule has 98 valence electrons. The molecule has 0 aromatic heterocycles. The van der Waals surface area contributed by atoms with E-state index < -0.39 is 0 Å². The Balaban J connectivity index is 2.40. The molecule has 1 N–H and O–H groups in total. The van der Waals surface area contributed by atoms with Gasteiger partial charge in [-0.15, -0.1) is 11.8 Å². The molecule has 0 saturated heterocycles. The maximum Gasteiger partial charge on any atom is 0.131 e. The smallest absolute Gasteiger partial charge is 0.131 e. The number of benzene rings is 2. The number of para-hydroxylation sites is 1. The Morgan fingerprint density at radius 1 is 1.11 bits per heavy atom. The van der Waals surface area contributed by atoms with Crippen molar-refractivity contribution in [2.24, 2.45) is 0 Å². The largest absolute Gasteiger partial charge is 0.388 e. The second-order valence-corrected chi connectivity index (χ2v) is 5.10. The number of carbonyl (C=O) groups excluding carboxylic acids is 1. The quantitative estimate of drug-likeness (QED) is 0.663. The number of hydrogen-bond acceptors (Lipinski definition) is 3. The number of thioether (sulfide) groups is 1. The molecule has 0 bridgehead atoms. The molecule has 0 heterocycles. The van der Waals surface area contributed by atoms with Gasteiger partial charge in [-0.1, -0.05) is 30.3 Å². The lowest BCUT2D eigenvalue weighted by molar-refractivity contribution is -0.108. The van der Waals surface area contributed by atoms with E-state index in [0.717, 1.165) is 23.1 Å². The molecule has 3 heteroatoms. The molecular weight excluding hydrogens is 254 g/mol. The zero-order valence-corrected chi connectivity index (χ0v) is 11.9. The maximum atomic E-state index is 11.5. The Bertz CT molecular complexity index is 551. The maximum absolute atomic E-state index is 11.5. The van der Waals surface area contributed by atoms with Crippen molar-refractivity contribution in [1.29, 1.82) is 0 Å². The fraction of sp³-hybridized carbons (Fsp3) is 0.188. The molecule has 19 heavy (non-hydrogen) atoms. The molecular formula is C16H17NOS. The highest BCUT2D eigenvalue weighted by molar-refractivity contribution is 7.98. The third kappa shape index (κ3) is 2.99. The molecule has 0 aliphatic rings. The standard InChI is InChI=1S/C16H17NOS/c1-17-16-6-4-3-5-14(16)15(11-18)12-7-9-13(19-2)10-8-12/h3-11,15,17H,1-2H3. The molecule has 2 aromatic carbocycles. The SMILES string of the molecule is CNc1ccccc1C(C=O)c1ccc(SC)cc1. The molecule has 0 fully saturated rings. The first-order valence-corrected chi connectivity index (χ1v) is 7.38. The summed E-state index contributed by atoms with van der Waals surface area (Å²) in [7, 11) is 1.87. The lowest BCUT2D eigenvalue weighted by atomic mass is 9.91. The lowest BCUT2D eigenvalue weighted by Crippen LogP contribution is -2.05. The summed E-state index contributed by atoms with van der Waals surface area (Å²) in [6.45, 7) is 0. The summed E-state index contributed by atoms with van der Waals surface area (Å²) in [5.41, 5.74) is 3.03. The summed E-state index contributed by atoms with van der Waals surface area (Å²) >= 11 is 1.70. The zero-order valence-electron chi connectivity index (χ0n) is 11.1. The second-order valence-electron chi connectivity index (χ2n) is 4.22. The molecule has 2 nitrogen and oxygen atoms in total. The Morgan fingerprint density at radius 2 is 1.79 bits per heavy atom. The monoisotopic (exact) mass is 271 g/mol. The number of aldehydes is 1. The van der Waals surface area contributed by atoms with Crippen LogP contribution in [0.5, 0.6) is 0 Å². The van der Waals surface area contributed by atoms with Crippen LogP contribution in [0.2, 0.25) is 0 Å². The van der Waals surface area contributed by atoms with Crippen LogP contribution in [0.25, 0.3) is 0 Å². The van der Waals surface area contributed by atoms with E-state index in [1.807, 2.05) is 49.7 Å². The summed E-state index contributed by atoms with van der Waals surface area (Å²) in [6.07, 6.45) is 3.05. The van der Waals surface area contributed by atoms with E-state index in [1.165, 1.54) is 4.90 Å². The van der Waals surface area contributed by atoms with Crippen molar-refractivity contribution in [2.45, 2.75) is 10.8 Å². The highest BCUT2D eigenvalue weighted by Gasteiger charge is 2.16. The summed E-state index contributed by atoms with van der Waals surface area (Å²) < 4.78 is 0. The van der Waals surface area contributed by atoms with Gasteiger partial charge in [0.05, 0.1) is 5.92 Å². The van der Waals surface area contributed by atoms with Gasteiger partial charge in [0.1, 0.15) is 6.29 Å². The van der Waals surface area contributed by atoms with Crippen LogP contribution in [-0.4, -0.2) is 19.6 Å². The van der Waals surface area contributed by atoms with Gasteiger partial charge in [-0.25, -0.2) is 0 Å². The van der Waals surface area contributed by atoms with E-state index >= 15 is 0 Å². The highest BCUT2D eigenvalue weighted by Crippen LogP contribution is 2.29. The van der Waals surface area contributed by atoms with Crippen LogP contribution in [0.15, 0.2) is 53.4 Å². The predicted octanol–water partition coefficient (Wildman–Crippen LogP) is 3.78. The van der Waals surface area contributed by atoms with E-state index in [1.54, 1.807) is 11.8 Å². The Labute approximate surface area is 118 Å². The first kappa shape index (κ1) is 13.7. The van der Waals surface area contributed by atoms with Crippen molar-refractivity contribution in [1.82, 2.24) is 0 Å². The van der Waals surface area contributed by atoms with Gasteiger partial charge in [-0.05, 0) is 35.6 Å². The Hall–Kier alpha value is -1.74. The minimum absolute atomic E-state index is 0.223. The lowest BCUT2D eigenvalue weighted by Gasteiger charge is -2.15. The van der Waals surface area contributed by atoms with Crippen LogP contribution in [0.1, 0.15) is 17.0 Å². The van der Waals surface area contributed by atoms with Crippen molar-refractivity contribution in [3.8, 4) is 0 Å². The summed E-state index contributed by atoms with van der Waals surface area (Å²) in [6, 6.07) is 16.1. The number of nitrogens with one attached hydrogen (secondary N) is 1. The molecule has 0 radical (unpaired) electrons. The van der Waals surface area contributed by atoms with Crippen LogP contribution in [0, 0.1) is 0 Å². The highest BCUT2D eigenvalue weighted by atomic mass is 32.2. The fourth-order valence-electron chi connectivity index (χ4n) is 2.14. The van der Waals surface area contributed by atoms with Crippen molar-refractivity contribution in [3.05, 3.63) is 59.7 Å². The van der Waals surface area contributed by atoms with Crippen LogP contribution in [-0.2, 0) is 4.79 Å². The molecule has 1 atom stereocenters. The van der Waals surface area contributed by atoms with Gasteiger partial charge in [0.25, 0.3) is 0 Å². The molecule has 1 unspecified atom stereocenters. The van der Waals surface area contributed by atoms with Gasteiger partial charge >= 0.3 is 0 Å². The Morgan fingerprint density at radius 3 is 2.37 bits per heavy atom. The predicted molar refractivity (Wildman–Crippen MR) is 82.1 cm³/mol. The molecule has 2 aromatic rings. The van der Waals surface area contributed by atoms with E-state index in [4.69, 9.17) is 0 Å². The fourth-order valence-corrected chi connectivity index (χ4v) is 2.55. The average Bonchev–Trinajstić information content (AvgIpc) is 2.49. The summed E-state index contributed by atoms with van der Waals surface area (Å²) in [4.78, 5) is 12.7. The third-order valence-corrected chi connectivity index (χ3v) is 3.92. The van der Waals surface area contributed by atoms with Gasteiger partial charge in [-0.2, -0.15) is 0 Å². The van der Waals surface area contributed by atoms with Crippen molar-refractivity contribution < 1.29 is 4.79 Å². The zero-order chi connectivity index (χ0) is 13.7. The third-order valence-electron chi connectivity index (χ3n) is 3.18. The molecule has 0 aliphatic carbocycles. The summed E-state index contributed by atoms with van der Waals surface area (Å²) in [5, 5.41) is 3.14. The minimum atomic E-state index is -0.223. The second kappa shape index (κ2) is 6.43. The van der Waals surface area contributed by atoms with Crippen LogP contribution < -0.4 is 5.32 Å². The summed E-state index contributed by atoms with van der Waals surface area (Å²) in [5.74, 6) is -0.223. The van der Waals surface area contributed by atoms with E-state index in [0.29, 0.717) is 0 Å². The van der Waals surface area contributed by atoms with Crippen molar-refractivity contribution in [2.75, 3.05) is 18.6 Å². The number of rotatable bonds is 5. The molecule has 0 amide bonds. The van der Waals surface area contributed by atoms with Crippen molar-refractivity contribution >= 4 is 23.7 Å². The van der Waals surface area contributed by atoms with Gasteiger partial charge < -0.3 is 10.1 Å². The van der Waals surface area contributed by atoms with Gasteiger partial charge in [0.2, 0.25) is 0 Å². The van der Waals surface area contributed by atoms with E-state index in [9.17, 15) is 4.79 Å². The van der Waals surface area contributed by atoms with Crippen LogP contribution in [0.4, 0.5) is 5.69 Å². The van der Waals surface area contributed by atoms with Crippen LogP contribution in [0.3, 0.4) is 0 Å². The molecule has 0 saturated carbocycles. The van der Waals surface area contributed by atoms with Crippen LogP contribution >= 0.6 is 11.8 Å². The Kier molecular flexibility index (Phi) is 4.63. The number of carbonyl (C=O) groups is 1.